The average molecular weight is 399 g/mol. The fourth-order valence-corrected chi connectivity index (χ4v) is 3.86. The molecule has 2 aromatic rings. The van der Waals surface area contributed by atoms with E-state index >= 15 is 0 Å². The number of H-pyrrole nitrogens is 1. The van der Waals surface area contributed by atoms with E-state index in [0.717, 1.165) is 32.1 Å². The molecule has 154 valence electrons. The Bertz CT molecular complexity index is 1080. The zero-order chi connectivity index (χ0) is 20.5. The second kappa shape index (κ2) is 7.81. The van der Waals surface area contributed by atoms with Crippen LogP contribution in [-0.4, -0.2) is 50.9 Å². The normalized spacial score (nSPS) is 16.8. The molecule has 0 unspecified atom stereocenters. The molecule has 0 bridgehead atoms. The molecule has 1 aliphatic carbocycles. The third-order valence-corrected chi connectivity index (χ3v) is 5.63. The highest BCUT2D eigenvalue weighted by molar-refractivity contribution is 6.06. The SMILES string of the molecule is CCn1c(=O)[nH]c(=O)c2c(C(=O)NCC(=O)N3CCCCC3)cc(C3CC3)nc21. The number of nitrogens with zero attached hydrogens (tertiary/aromatic N) is 3. The maximum absolute atomic E-state index is 12.9. The quantitative estimate of drug-likeness (QED) is 0.768. The molecule has 9 heteroatoms. The van der Waals surface area contributed by atoms with E-state index in [0.29, 0.717) is 25.3 Å². The number of hydrogen-bond acceptors (Lipinski definition) is 5. The molecule has 0 aromatic carbocycles. The third kappa shape index (κ3) is 3.81. The number of amides is 2. The smallest absolute Gasteiger partial charge is 0.329 e. The minimum absolute atomic E-state index is 0.0822. The molecule has 1 saturated carbocycles. The van der Waals surface area contributed by atoms with Crippen molar-refractivity contribution in [1.82, 2.24) is 24.8 Å². The molecule has 0 radical (unpaired) electrons. The maximum Gasteiger partial charge on any atom is 0.329 e. The van der Waals surface area contributed by atoms with Crippen LogP contribution in [0.4, 0.5) is 0 Å². The van der Waals surface area contributed by atoms with Crippen LogP contribution < -0.4 is 16.6 Å². The van der Waals surface area contributed by atoms with Gasteiger partial charge in [0.05, 0.1) is 17.5 Å². The lowest BCUT2D eigenvalue weighted by Crippen LogP contribution is -2.42. The Balaban J connectivity index is 1.68. The van der Waals surface area contributed by atoms with Crippen LogP contribution in [0.15, 0.2) is 15.7 Å². The van der Waals surface area contributed by atoms with E-state index in [2.05, 4.69) is 15.3 Å². The van der Waals surface area contributed by atoms with E-state index in [-0.39, 0.29) is 35.0 Å². The molecule has 29 heavy (non-hydrogen) atoms. The molecule has 1 saturated heterocycles. The van der Waals surface area contributed by atoms with Crippen molar-refractivity contribution in [3.8, 4) is 0 Å². The van der Waals surface area contributed by atoms with Crippen molar-refractivity contribution < 1.29 is 9.59 Å². The van der Waals surface area contributed by atoms with Gasteiger partial charge in [-0.1, -0.05) is 0 Å². The highest BCUT2D eigenvalue weighted by Gasteiger charge is 2.29. The highest BCUT2D eigenvalue weighted by Crippen LogP contribution is 2.39. The molecule has 0 spiro atoms. The van der Waals surface area contributed by atoms with Gasteiger partial charge < -0.3 is 10.2 Å². The lowest BCUT2D eigenvalue weighted by molar-refractivity contribution is -0.130. The number of rotatable bonds is 5. The summed E-state index contributed by atoms with van der Waals surface area (Å²) in [5.74, 6) is -0.393. The first-order valence-electron chi connectivity index (χ1n) is 10.2. The number of carbonyl (C=O) groups excluding carboxylic acids is 2. The van der Waals surface area contributed by atoms with E-state index < -0.39 is 17.2 Å². The predicted octanol–water partition coefficient (Wildman–Crippen LogP) is 0.724. The maximum atomic E-state index is 12.9. The van der Waals surface area contributed by atoms with Gasteiger partial charge in [0.1, 0.15) is 0 Å². The summed E-state index contributed by atoms with van der Waals surface area (Å²) >= 11 is 0. The number of pyridine rings is 1. The largest absolute Gasteiger partial charge is 0.343 e. The summed E-state index contributed by atoms with van der Waals surface area (Å²) in [5.41, 5.74) is -0.101. The van der Waals surface area contributed by atoms with E-state index in [1.807, 2.05) is 0 Å². The van der Waals surface area contributed by atoms with Gasteiger partial charge in [-0.05, 0) is 45.1 Å². The monoisotopic (exact) mass is 399 g/mol. The molecule has 3 heterocycles. The standard InChI is InChI=1S/C20H25N5O4/c1-2-25-17-16(19(28)23-20(25)29)13(10-14(22-17)12-6-7-12)18(27)21-11-15(26)24-8-4-3-5-9-24/h10,12H,2-9,11H2,1H3,(H,21,27)(H,23,28,29). The van der Waals surface area contributed by atoms with E-state index in [4.69, 9.17) is 0 Å². The first kappa shape index (κ1) is 19.4. The first-order valence-corrected chi connectivity index (χ1v) is 10.2. The summed E-state index contributed by atoms with van der Waals surface area (Å²) in [5, 5.41) is 2.74. The Hall–Kier alpha value is -2.97. The van der Waals surface area contributed by atoms with Crippen LogP contribution in [0.1, 0.15) is 61.0 Å². The first-order chi connectivity index (χ1) is 14.0. The van der Waals surface area contributed by atoms with E-state index in [9.17, 15) is 19.2 Å². The Kier molecular flexibility index (Phi) is 5.21. The summed E-state index contributed by atoms with van der Waals surface area (Å²) in [6.07, 6.45) is 5.00. The second-order valence-corrected chi connectivity index (χ2v) is 7.70. The van der Waals surface area contributed by atoms with Crippen molar-refractivity contribution in [2.24, 2.45) is 0 Å². The Morgan fingerprint density at radius 2 is 1.93 bits per heavy atom. The van der Waals surface area contributed by atoms with Crippen LogP contribution in [0.3, 0.4) is 0 Å². The number of carbonyl (C=O) groups is 2. The molecule has 2 N–H and O–H groups in total. The predicted molar refractivity (Wildman–Crippen MR) is 107 cm³/mol. The van der Waals surface area contributed by atoms with Gasteiger partial charge >= 0.3 is 5.69 Å². The van der Waals surface area contributed by atoms with Gasteiger partial charge in [-0.25, -0.2) is 9.78 Å². The van der Waals surface area contributed by atoms with Crippen LogP contribution in [-0.2, 0) is 11.3 Å². The van der Waals surface area contributed by atoms with Crippen molar-refractivity contribution in [3.05, 3.63) is 38.2 Å². The van der Waals surface area contributed by atoms with Gasteiger partial charge in [0.15, 0.2) is 5.65 Å². The zero-order valence-corrected chi connectivity index (χ0v) is 16.5. The number of aryl methyl sites for hydroxylation is 1. The number of piperidine rings is 1. The Morgan fingerprint density at radius 1 is 1.21 bits per heavy atom. The van der Waals surface area contributed by atoms with Gasteiger partial charge in [-0.15, -0.1) is 0 Å². The van der Waals surface area contributed by atoms with E-state index in [1.165, 1.54) is 4.57 Å². The van der Waals surface area contributed by atoms with Crippen LogP contribution in [0.25, 0.3) is 11.0 Å². The number of hydrogen-bond donors (Lipinski definition) is 2. The van der Waals surface area contributed by atoms with Crippen LogP contribution in [0.5, 0.6) is 0 Å². The fourth-order valence-electron chi connectivity index (χ4n) is 3.86. The summed E-state index contributed by atoms with van der Waals surface area (Å²) in [6, 6.07) is 1.63. The van der Waals surface area contributed by atoms with Gasteiger partial charge in [-0.2, -0.15) is 0 Å². The van der Waals surface area contributed by atoms with Crippen LogP contribution in [0.2, 0.25) is 0 Å². The zero-order valence-electron chi connectivity index (χ0n) is 16.5. The number of nitrogens with one attached hydrogen (secondary N) is 2. The summed E-state index contributed by atoms with van der Waals surface area (Å²) in [7, 11) is 0. The van der Waals surface area contributed by atoms with Gasteiger partial charge in [0.25, 0.3) is 11.5 Å². The molecular formula is C20H25N5O4. The molecule has 0 atom stereocenters. The number of likely N-dealkylation sites (tertiary alicyclic amines) is 1. The lowest BCUT2D eigenvalue weighted by atomic mass is 10.1. The lowest BCUT2D eigenvalue weighted by Gasteiger charge is -2.26. The van der Waals surface area contributed by atoms with Crippen LogP contribution >= 0.6 is 0 Å². The summed E-state index contributed by atoms with van der Waals surface area (Å²) < 4.78 is 1.36. The van der Waals surface area contributed by atoms with Crippen molar-refractivity contribution in [2.75, 3.05) is 19.6 Å². The Labute approximate surface area is 167 Å². The van der Waals surface area contributed by atoms with Crippen molar-refractivity contribution >= 4 is 22.8 Å². The molecule has 9 nitrogen and oxygen atoms in total. The number of fused-ring (bicyclic) bond motifs is 1. The minimum atomic E-state index is -0.642. The third-order valence-electron chi connectivity index (χ3n) is 5.63. The highest BCUT2D eigenvalue weighted by atomic mass is 16.2. The fraction of sp³-hybridized carbons (Fsp3) is 0.550. The minimum Gasteiger partial charge on any atom is -0.343 e. The summed E-state index contributed by atoms with van der Waals surface area (Å²) in [4.78, 5) is 58.5. The number of aromatic nitrogens is 3. The topological polar surface area (TPSA) is 117 Å². The summed E-state index contributed by atoms with van der Waals surface area (Å²) in [6.45, 7) is 3.40. The second-order valence-electron chi connectivity index (χ2n) is 7.70. The van der Waals surface area contributed by atoms with Gasteiger partial charge in [-0.3, -0.25) is 23.9 Å². The molecule has 2 aliphatic rings. The molecular weight excluding hydrogens is 374 g/mol. The van der Waals surface area contributed by atoms with Crippen molar-refractivity contribution in [2.45, 2.75) is 51.5 Å². The number of aromatic amines is 1. The van der Waals surface area contributed by atoms with Crippen molar-refractivity contribution in [1.29, 1.82) is 0 Å². The molecule has 2 fully saturated rings. The van der Waals surface area contributed by atoms with Crippen LogP contribution in [0, 0.1) is 0 Å². The molecule has 2 amide bonds. The van der Waals surface area contributed by atoms with E-state index in [1.54, 1.807) is 17.9 Å². The van der Waals surface area contributed by atoms with Crippen molar-refractivity contribution in [3.63, 3.8) is 0 Å². The average Bonchev–Trinajstić information content (AvgIpc) is 3.57. The molecule has 2 aromatic heterocycles. The van der Waals surface area contributed by atoms with Gasteiger partial charge in [0.2, 0.25) is 5.91 Å². The van der Waals surface area contributed by atoms with Gasteiger partial charge in [0, 0.05) is 31.2 Å². The molecule has 4 rings (SSSR count). The molecule has 1 aliphatic heterocycles. The Morgan fingerprint density at radius 3 is 2.59 bits per heavy atom.